The van der Waals surface area contributed by atoms with E-state index < -0.39 is 0 Å². The third-order valence-electron chi connectivity index (χ3n) is 4.78. The van der Waals surface area contributed by atoms with E-state index in [9.17, 15) is 4.79 Å². The van der Waals surface area contributed by atoms with Crippen LogP contribution < -0.4 is 4.90 Å². The number of rotatable bonds is 1. The van der Waals surface area contributed by atoms with Gasteiger partial charge in [0.15, 0.2) is 0 Å². The number of fused-ring (bicyclic) bond motifs is 2. The van der Waals surface area contributed by atoms with E-state index in [1.54, 1.807) is 0 Å². The lowest BCUT2D eigenvalue weighted by Gasteiger charge is -2.29. The minimum atomic E-state index is 0.0727. The molecule has 1 aromatic heterocycles. The Morgan fingerprint density at radius 3 is 2.83 bits per heavy atom. The summed E-state index contributed by atoms with van der Waals surface area (Å²) in [6.45, 7) is 4.89. The van der Waals surface area contributed by atoms with Gasteiger partial charge in [0, 0.05) is 23.1 Å². The van der Waals surface area contributed by atoms with E-state index in [2.05, 4.69) is 42.2 Å². The molecule has 1 aliphatic rings. The van der Waals surface area contributed by atoms with E-state index in [4.69, 9.17) is 0 Å². The van der Waals surface area contributed by atoms with Crippen LogP contribution in [-0.4, -0.2) is 17.4 Å². The molecule has 1 N–H and O–H groups in total. The van der Waals surface area contributed by atoms with Crippen molar-refractivity contribution in [2.75, 3.05) is 11.4 Å². The van der Waals surface area contributed by atoms with Crippen molar-refractivity contribution in [2.45, 2.75) is 26.7 Å². The number of nitrogens with one attached hydrogen (secondary N) is 1. The number of carbonyl (C=O) groups is 1. The normalized spacial score (nSPS) is 14.1. The van der Waals surface area contributed by atoms with Crippen LogP contribution in [-0.2, 0) is 6.42 Å². The summed E-state index contributed by atoms with van der Waals surface area (Å²) in [5.74, 6) is 0.0727. The Morgan fingerprint density at radius 1 is 1.13 bits per heavy atom. The van der Waals surface area contributed by atoms with Gasteiger partial charge in [0.2, 0.25) is 0 Å². The van der Waals surface area contributed by atoms with Crippen molar-refractivity contribution in [2.24, 2.45) is 0 Å². The first-order chi connectivity index (χ1) is 11.1. The average Bonchev–Trinajstić information content (AvgIpc) is 2.90. The van der Waals surface area contributed by atoms with Crippen molar-refractivity contribution >= 4 is 22.5 Å². The molecule has 3 heteroatoms. The summed E-state index contributed by atoms with van der Waals surface area (Å²) < 4.78 is 0. The lowest BCUT2D eigenvalue weighted by atomic mass is 10.0. The van der Waals surface area contributed by atoms with Crippen LogP contribution in [0.15, 0.2) is 42.5 Å². The molecule has 3 aromatic rings. The van der Waals surface area contributed by atoms with Gasteiger partial charge >= 0.3 is 0 Å². The summed E-state index contributed by atoms with van der Waals surface area (Å²) in [4.78, 5) is 18.4. The molecule has 0 unspecified atom stereocenters. The maximum Gasteiger partial charge on any atom is 0.274 e. The lowest BCUT2D eigenvalue weighted by Crippen LogP contribution is -2.36. The molecule has 0 aliphatic carbocycles. The Hall–Kier alpha value is -2.55. The van der Waals surface area contributed by atoms with Crippen molar-refractivity contribution in [3.8, 4) is 0 Å². The van der Waals surface area contributed by atoms with Gasteiger partial charge < -0.3 is 9.88 Å². The number of amides is 1. The van der Waals surface area contributed by atoms with Gasteiger partial charge in [-0.3, -0.25) is 4.79 Å². The van der Waals surface area contributed by atoms with Gasteiger partial charge in [0.05, 0.1) is 0 Å². The number of aromatic nitrogens is 1. The molecule has 0 spiro atoms. The molecule has 23 heavy (non-hydrogen) atoms. The second kappa shape index (κ2) is 5.27. The maximum atomic E-state index is 13.1. The molecule has 1 amide bonds. The van der Waals surface area contributed by atoms with Gasteiger partial charge in [0.1, 0.15) is 5.69 Å². The first kappa shape index (κ1) is 14.1. The summed E-state index contributed by atoms with van der Waals surface area (Å²) in [6.07, 6.45) is 2.06. The fourth-order valence-electron chi connectivity index (χ4n) is 3.53. The van der Waals surface area contributed by atoms with Crippen LogP contribution in [0.25, 0.3) is 10.9 Å². The van der Waals surface area contributed by atoms with Crippen LogP contribution in [0.1, 0.15) is 33.6 Å². The molecule has 4 rings (SSSR count). The van der Waals surface area contributed by atoms with E-state index in [1.807, 2.05) is 24.0 Å². The molecule has 0 saturated carbocycles. The van der Waals surface area contributed by atoms with Gasteiger partial charge in [0.25, 0.3) is 5.91 Å². The topological polar surface area (TPSA) is 36.1 Å². The van der Waals surface area contributed by atoms with E-state index in [0.717, 1.165) is 41.5 Å². The van der Waals surface area contributed by atoms with E-state index >= 15 is 0 Å². The quantitative estimate of drug-likeness (QED) is 0.711. The highest BCUT2D eigenvalue weighted by Crippen LogP contribution is 2.30. The van der Waals surface area contributed by atoms with E-state index in [1.165, 1.54) is 11.1 Å². The second-order valence-corrected chi connectivity index (χ2v) is 6.36. The molecule has 0 saturated heterocycles. The van der Waals surface area contributed by atoms with Crippen molar-refractivity contribution < 1.29 is 4.79 Å². The van der Waals surface area contributed by atoms with Crippen LogP contribution in [0, 0.1) is 13.8 Å². The standard InChI is InChI=1S/C20H20N2O/c1-13-9-10-17-16(12-13)14(2)19(21-17)20(23)22-11-5-7-15-6-3-4-8-18(15)22/h3-4,6,8-10,12,21H,5,7,11H2,1-2H3. The number of aromatic amines is 1. The van der Waals surface area contributed by atoms with Gasteiger partial charge in [-0.2, -0.15) is 0 Å². The summed E-state index contributed by atoms with van der Waals surface area (Å²) in [6, 6.07) is 14.5. The molecule has 3 nitrogen and oxygen atoms in total. The van der Waals surface area contributed by atoms with E-state index in [-0.39, 0.29) is 5.91 Å². The van der Waals surface area contributed by atoms with Crippen LogP contribution in [0.5, 0.6) is 0 Å². The number of para-hydroxylation sites is 1. The predicted octanol–water partition coefficient (Wildman–Crippen LogP) is 4.38. The summed E-state index contributed by atoms with van der Waals surface area (Å²) in [5.41, 5.74) is 6.30. The number of carbonyl (C=O) groups excluding carboxylic acids is 1. The lowest BCUT2D eigenvalue weighted by molar-refractivity contribution is 0.0980. The molecule has 1 aliphatic heterocycles. The minimum absolute atomic E-state index is 0.0727. The smallest absolute Gasteiger partial charge is 0.274 e. The fourth-order valence-corrected chi connectivity index (χ4v) is 3.53. The van der Waals surface area contributed by atoms with Gasteiger partial charge in [-0.1, -0.05) is 29.8 Å². The molecule has 2 aromatic carbocycles. The van der Waals surface area contributed by atoms with Gasteiger partial charge in [-0.05, 0) is 56.0 Å². The Kier molecular flexibility index (Phi) is 3.22. The first-order valence-electron chi connectivity index (χ1n) is 8.14. The largest absolute Gasteiger partial charge is 0.350 e. The number of anilines is 1. The van der Waals surface area contributed by atoms with Crippen LogP contribution in [0.4, 0.5) is 5.69 Å². The monoisotopic (exact) mass is 304 g/mol. The SMILES string of the molecule is Cc1ccc2[nH]c(C(=O)N3CCCc4ccccc43)c(C)c2c1. The third kappa shape index (κ3) is 2.24. The number of hydrogen-bond acceptors (Lipinski definition) is 1. The maximum absolute atomic E-state index is 13.1. The van der Waals surface area contributed by atoms with Crippen LogP contribution in [0.2, 0.25) is 0 Å². The Morgan fingerprint density at radius 2 is 1.96 bits per heavy atom. The highest BCUT2D eigenvalue weighted by atomic mass is 16.2. The number of hydrogen-bond donors (Lipinski definition) is 1. The van der Waals surface area contributed by atoms with Gasteiger partial charge in [-0.15, -0.1) is 0 Å². The predicted molar refractivity (Wildman–Crippen MR) is 94.2 cm³/mol. The zero-order chi connectivity index (χ0) is 16.0. The van der Waals surface area contributed by atoms with Gasteiger partial charge in [-0.25, -0.2) is 0 Å². The minimum Gasteiger partial charge on any atom is -0.350 e. The second-order valence-electron chi connectivity index (χ2n) is 6.36. The Balaban J connectivity index is 1.80. The molecule has 0 fully saturated rings. The molecule has 116 valence electrons. The zero-order valence-corrected chi connectivity index (χ0v) is 13.5. The molecular weight excluding hydrogens is 284 g/mol. The fraction of sp³-hybridized carbons (Fsp3) is 0.250. The number of benzene rings is 2. The van der Waals surface area contributed by atoms with E-state index in [0.29, 0.717) is 5.69 Å². The van der Waals surface area contributed by atoms with Crippen molar-refractivity contribution in [3.63, 3.8) is 0 Å². The summed E-state index contributed by atoms with van der Waals surface area (Å²) >= 11 is 0. The first-order valence-corrected chi connectivity index (χ1v) is 8.14. The number of aryl methyl sites for hydroxylation is 3. The number of nitrogens with zero attached hydrogens (tertiary/aromatic N) is 1. The highest BCUT2D eigenvalue weighted by molar-refractivity contribution is 6.09. The molecule has 2 heterocycles. The summed E-state index contributed by atoms with van der Waals surface area (Å²) in [7, 11) is 0. The van der Waals surface area contributed by atoms with Crippen molar-refractivity contribution in [3.05, 3.63) is 64.8 Å². The van der Waals surface area contributed by atoms with Crippen LogP contribution >= 0.6 is 0 Å². The van der Waals surface area contributed by atoms with Crippen LogP contribution in [0.3, 0.4) is 0 Å². The molecule has 0 atom stereocenters. The molecular formula is C20H20N2O. The summed E-state index contributed by atoms with van der Waals surface area (Å²) in [5, 5.41) is 1.14. The molecule has 0 bridgehead atoms. The molecule has 0 radical (unpaired) electrons. The highest BCUT2D eigenvalue weighted by Gasteiger charge is 2.26. The Labute approximate surface area is 135 Å². The van der Waals surface area contributed by atoms with Crippen molar-refractivity contribution in [1.82, 2.24) is 4.98 Å². The zero-order valence-electron chi connectivity index (χ0n) is 13.5. The Bertz CT molecular complexity index is 907. The average molecular weight is 304 g/mol. The number of H-pyrrole nitrogens is 1. The third-order valence-corrected chi connectivity index (χ3v) is 4.78. The van der Waals surface area contributed by atoms with Crippen molar-refractivity contribution in [1.29, 1.82) is 0 Å².